The van der Waals surface area contributed by atoms with Gasteiger partial charge in [0.05, 0.1) is 5.56 Å². The van der Waals surface area contributed by atoms with Crippen molar-refractivity contribution in [1.29, 1.82) is 0 Å². The van der Waals surface area contributed by atoms with Crippen LogP contribution in [0.15, 0.2) is 48.2 Å². The topological polar surface area (TPSA) is 38.8 Å². The van der Waals surface area contributed by atoms with Crippen molar-refractivity contribution in [3.05, 3.63) is 65.2 Å². The number of halogens is 1. The summed E-state index contributed by atoms with van der Waals surface area (Å²) >= 11 is 0. The Morgan fingerprint density at radius 1 is 1.07 bits per heavy atom. The van der Waals surface area contributed by atoms with E-state index in [1.165, 1.54) is 31.4 Å². The van der Waals surface area contributed by atoms with Gasteiger partial charge in [0.2, 0.25) is 5.78 Å². The molecular weight excluding hydrogens is 345 g/mol. The summed E-state index contributed by atoms with van der Waals surface area (Å²) in [7, 11) is 0. The fraction of sp³-hybridized carbons (Fsp3) is 0.318. The van der Waals surface area contributed by atoms with Gasteiger partial charge in [-0.3, -0.25) is 9.69 Å². The zero-order valence-corrected chi connectivity index (χ0v) is 15.1. The number of allylic oxidation sites excluding steroid dienone is 1. The number of hydrogen-bond donors (Lipinski definition) is 0. The Hall–Kier alpha value is -2.66. The number of ether oxygens (including phenoxy) is 2. The maximum absolute atomic E-state index is 13.0. The van der Waals surface area contributed by atoms with E-state index in [-0.39, 0.29) is 17.4 Å². The number of piperidine rings is 1. The number of benzene rings is 2. The molecule has 1 saturated heterocycles. The highest BCUT2D eigenvalue weighted by Gasteiger charge is 2.27. The first-order valence-corrected chi connectivity index (χ1v) is 9.38. The van der Waals surface area contributed by atoms with Gasteiger partial charge < -0.3 is 9.47 Å². The van der Waals surface area contributed by atoms with Gasteiger partial charge in [-0.1, -0.05) is 18.6 Å². The monoisotopic (exact) mass is 367 g/mol. The van der Waals surface area contributed by atoms with E-state index in [9.17, 15) is 9.18 Å². The minimum atomic E-state index is -0.314. The predicted molar refractivity (Wildman–Crippen MR) is 102 cm³/mol. The first-order valence-electron chi connectivity index (χ1n) is 9.38. The van der Waals surface area contributed by atoms with E-state index in [0.717, 1.165) is 19.6 Å². The number of carbonyl (C=O) groups excluding carboxylic acids is 1. The van der Waals surface area contributed by atoms with Gasteiger partial charge in [-0.15, -0.1) is 0 Å². The van der Waals surface area contributed by atoms with Crippen molar-refractivity contribution in [2.24, 2.45) is 0 Å². The summed E-state index contributed by atoms with van der Waals surface area (Å²) in [5.41, 5.74) is 1.23. The van der Waals surface area contributed by atoms with E-state index in [4.69, 9.17) is 9.47 Å². The number of rotatable bonds is 5. The molecule has 0 amide bonds. The average Bonchev–Trinajstić information content (AvgIpc) is 2.99. The van der Waals surface area contributed by atoms with Gasteiger partial charge in [0.1, 0.15) is 23.9 Å². The van der Waals surface area contributed by atoms with Crippen molar-refractivity contribution >= 4 is 11.9 Å². The third-order valence-corrected chi connectivity index (χ3v) is 4.93. The van der Waals surface area contributed by atoms with Gasteiger partial charge >= 0.3 is 0 Å². The highest BCUT2D eigenvalue weighted by Crippen LogP contribution is 2.34. The zero-order chi connectivity index (χ0) is 18.6. The zero-order valence-electron chi connectivity index (χ0n) is 15.1. The molecule has 2 aliphatic rings. The summed E-state index contributed by atoms with van der Waals surface area (Å²) in [4.78, 5) is 14.9. The lowest BCUT2D eigenvalue weighted by molar-refractivity contribution is 0.101. The molecule has 2 aromatic rings. The second kappa shape index (κ2) is 7.92. The van der Waals surface area contributed by atoms with Crippen LogP contribution in [-0.4, -0.2) is 36.9 Å². The molecule has 0 radical (unpaired) electrons. The summed E-state index contributed by atoms with van der Waals surface area (Å²) in [6.07, 6.45) is 5.47. The summed E-state index contributed by atoms with van der Waals surface area (Å²) in [6.45, 7) is 3.81. The third-order valence-electron chi connectivity index (χ3n) is 4.93. The van der Waals surface area contributed by atoms with E-state index in [1.54, 1.807) is 36.4 Å². The minimum absolute atomic E-state index is 0.172. The Labute approximate surface area is 158 Å². The second-order valence-corrected chi connectivity index (χ2v) is 6.90. The van der Waals surface area contributed by atoms with Crippen molar-refractivity contribution < 1.29 is 18.7 Å². The molecule has 0 atom stereocenters. The maximum Gasteiger partial charge on any atom is 0.231 e. The fourth-order valence-corrected chi connectivity index (χ4v) is 3.44. The third kappa shape index (κ3) is 4.19. The maximum atomic E-state index is 13.0. The van der Waals surface area contributed by atoms with E-state index in [1.807, 2.05) is 0 Å². The number of hydrogen-bond acceptors (Lipinski definition) is 4. The lowest BCUT2D eigenvalue weighted by atomic mass is 10.1. The van der Waals surface area contributed by atoms with Crippen molar-refractivity contribution in [2.45, 2.75) is 19.3 Å². The lowest BCUT2D eigenvalue weighted by Crippen LogP contribution is -2.33. The van der Waals surface area contributed by atoms with Crippen molar-refractivity contribution in [2.75, 3.05) is 26.2 Å². The van der Waals surface area contributed by atoms with Crippen LogP contribution in [-0.2, 0) is 0 Å². The molecule has 140 valence electrons. The first-order chi connectivity index (χ1) is 13.2. The summed E-state index contributed by atoms with van der Waals surface area (Å²) in [6, 6.07) is 11.2. The predicted octanol–water partition coefficient (Wildman–Crippen LogP) is 4.31. The molecule has 2 aliphatic heterocycles. The molecule has 4 rings (SSSR count). The quantitative estimate of drug-likeness (QED) is 0.739. The SMILES string of the molecule is O=C1/C(=C/c2ccc(F)cc2)Oc2cc(OCCN3CCCCC3)ccc21. The van der Waals surface area contributed by atoms with Crippen LogP contribution in [0.25, 0.3) is 6.08 Å². The summed E-state index contributed by atoms with van der Waals surface area (Å²) in [5.74, 6) is 0.951. The first kappa shape index (κ1) is 17.7. The van der Waals surface area contributed by atoms with Crippen molar-refractivity contribution in [1.82, 2.24) is 4.90 Å². The van der Waals surface area contributed by atoms with Crippen LogP contribution in [0.5, 0.6) is 11.5 Å². The summed E-state index contributed by atoms with van der Waals surface area (Å²) in [5, 5.41) is 0. The van der Waals surface area contributed by atoms with Gasteiger partial charge in [0.25, 0.3) is 0 Å². The second-order valence-electron chi connectivity index (χ2n) is 6.90. The van der Waals surface area contributed by atoms with Crippen LogP contribution in [0.1, 0.15) is 35.2 Å². The number of Topliss-reactive ketones (excluding diaryl/α,β-unsaturated/α-hetero) is 1. The highest BCUT2D eigenvalue weighted by molar-refractivity contribution is 6.14. The molecule has 0 spiro atoms. The Morgan fingerprint density at radius 2 is 1.85 bits per heavy atom. The Balaban J connectivity index is 1.40. The Bertz CT molecular complexity index is 854. The van der Waals surface area contributed by atoms with Crippen molar-refractivity contribution in [3.8, 4) is 11.5 Å². The van der Waals surface area contributed by atoms with Crippen LogP contribution < -0.4 is 9.47 Å². The van der Waals surface area contributed by atoms with Crippen LogP contribution in [0, 0.1) is 5.82 Å². The van der Waals surface area contributed by atoms with Crippen LogP contribution in [0.4, 0.5) is 4.39 Å². The van der Waals surface area contributed by atoms with E-state index in [2.05, 4.69) is 4.90 Å². The van der Waals surface area contributed by atoms with Gasteiger partial charge in [-0.25, -0.2) is 4.39 Å². The average molecular weight is 367 g/mol. The van der Waals surface area contributed by atoms with Crippen LogP contribution >= 0.6 is 0 Å². The van der Waals surface area contributed by atoms with Gasteiger partial charge in [0, 0.05) is 12.6 Å². The number of fused-ring (bicyclic) bond motifs is 1. The van der Waals surface area contributed by atoms with E-state index in [0.29, 0.717) is 29.2 Å². The standard InChI is InChI=1S/C22H22FNO3/c23-17-6-4-16(5-7-17)14-21-22(25)19-9-8-18(15-20(19)27-21)26-13-12-24-10-2-1-3-11-24/h4-9,14-15H,1-3,10-13H2/b21-14-. The molecular formula is C22H22FNO3. The smallest absolute Gasteiger partial charge is 0.231 e. The normalized spacial score (nSPS) is 18.4. The van der Waals surface area contributed by atoms with E-state index >= 15 is 0 Å². The highest BCUT2D eigenvalue weighted by atomic mass is 19.1. The van der Waals surface area contributed by atoms with Gasteiger partial charge in [0.15, 0.2) is 5.76 Å². The van der Waals surface area contributed by atoms with Crippen LogP contribution in [0.3, 0.4) is 0 Å². The van der Waals surface area contributed by atoms with Crippen LogP contribution in [0.2, 0.25) is 0 Å². The Kier molecular flexibility index (Phi) is 5.21. The largest absolute Gasteiger partial charge is 0.492 e. The van der Waals surface area contributed by atoms with Crippen molar-refractivity contribution in [3.63, 3.8) is 0 Å². The summed E-state index contributed by atoms with van der Waals surface area (Å²) < 4.78 is 24.6. The number of ketones is 1. The molecule has 0 bridgehead atoms. The van der Waals surface area contributed by atoms with E-state index < -0.39 is 0 Å². The molecule has 2 aromatic carbocycles. The number of nitrogens with zero attached hydrogens (tertiary/aromatic N) is 1. The van der Waals surface area contributed by atoms with Gasteiger partial charge in [-0.05, 0) is 61.8 Å². The fourth-order valence-electron chi connectivity index (χ4n) is 3.44. The molecule has 27 heavy (non-hydrogen) atoms. The Morgan fingerprint density at radius 3 is 2.63 bits per heavy atom. The molecule has 0 aromatic heterocycles. The molecule has 0 aliphatic carbocycles. The molecule has 4 nitrogen and oxygen atoms in total. The molecule has 5 heteroatoms. The molecule has 0 saturated carbocycles. The van der Waals surface area contributed by atoms with Gasteiger partial charge in [-0.2, -0.15) is 0 Å². The number of carbonyl (C=O) groups is 1. The minimum Gasteiger partial charge on any atom is -0.492 e. The lowest BCUT2D eigenvalue weighted by Gasteiger charge is -2.26. The molecule has 2 heterocycles. The molecule has 0 N–H and O–H groups in total. The molecule has 1 fully saturated rings. The molecule has 0 unspecified atom stereocenters. The number of likely N-dealkylation sites (tertiary alicyclic amines) is 1.